The van der Waals surface area contributed by atoms with E-state index in [0.29, 0.717) is 15.6 Å². The van der Waals surface area contributed by atoms with Gasteiger partial charge < -0.3 is 5.11 Å². The van der Waals surface area contributed by atoms with E-state index in [2.05, 4.69) is 0 Å². The Labute approximate surface area is 143 Å². The predicted molar refractivity (Wildman–Crippen MR) is 87.7 cm³/mol. The summed E-state index contributed by atoms with van der Waals surface area (Å²) in [6.07, 6.45) is -0.785. The Morgan fingerprint density at radius 2 is 1.27 bits per heavy atom. The maximum atomic E-state index is 12.9. The van der Waals surface area contributed by atoms with E-state index in [0.717, 1.165) is 0 Å². The summed E-state index contributed by atoms with van der Waals surface area (Å²) in [5.41, 5.74) is 0.755. The first-order valence-electron chi connectivity index (χ1n) is 6.44. The first-order valence-corrected chi connectivity index (χ1v) is 7.63. The molecular weight excluding hydrogens is 353 g/mol. The van der Waals surface area contributed by atoms with E-state index in [1.54, 1.807) is 25.1 Å². The summed E-state index contributed by atoms with van der Waals surface area (Å²) in [4.78, 5) is 0. The molecule has 0 saturated carbocycles. The van der Waals surface area contributed by atoms with Gasteiger partial charge in [-0.05, 0) is 38.1 Å². The highest BCUT2D eigenvalue weighted by Crippen LogP contribution is 2.24. The Morgan fingerprint density at radius 3 is 1.59 bits per heavy atom. The number of halogens is 5. The van der Waals surface area contributed by atoms with Gasteiger partial charge in [0.05, 0.1) is 11.5 Å². The van der Waals surface area contributed by atoms with Crippen LogP contribution in [0.3, 0.4) is 0 Å². The van der Waals surface area contributed by atoms with Gasteiger partial charge in [0.2, 0.25) is 0 Å². The third-order valence-corrected chi connectivity index (χ3v) is 3.51. The second-order valence-corrected chi connectivity index (χ2v) is 6.15. The number of hydrogen-bond acceptors (Lipinski definition) is 1. The van der Waals surface area contributed by atoms with E-state index < -0.39 is 11.9 Å². The molecule has 0 saturated heterocycles. The second-order valence-electron chi connectivity index (χ2n) is 4.62. The minimum atomic E-state index is -0.785. The number of rotatable bonds is 2. The fourth-order valence-electron chi connectivity index (χ4n) is 1.66. The molecule has 0 spiro atoms. The van der Waals surface area contributed by atoms with Gasteiger partial charge in [-0.25, -0.2) is 8.78 Å². The molecule has 0 fully saturated rings. The molecule has 2 rings (SSSR count). The van der Waals surface area contributed by atoms with Gasteiger partial charge >= 0.3 is 0 Å². The zero-order valence-electron chi connectivity index (χ0n) is 12.0. The topological polar surface area (TPSA) is 20.2 Å². The van der Waals surface area contributed by atoms with Crippen molar-refractivity contribution in [3.63, 3.8) is 0 Å². The van der Waals surface area contributed by atoms with Crippen molar-refractivity contribution in [1.29, 1.82) is 0 Å². The first kappa shape index (κ1) is 19.2. The van der Waals surface area contributed by atoms with Gasteiger partial charge in [0.15, 0.2) is 0 Å². The van der Waals surface area contributed by atoms with E-state index >= 15 is 0 Å². The van der Waals surface area contributed by atoms with Crippen LogP contribution in [0.4, 0.5) is 8.78 Å². The van der Waals surface area contributed by atoms with Crippen molar-refractivity contribution in [2.24, 2.45) is 0 Å². The zero-order valence-corrected chi connectivity index (χ0v) is 14.2. The SMILES string of the molecule is CC(Cl)c1ccc(Cl)cc1F.C[C@@H](O)c1ccc(Cl)cc1F. The Balaban J connectivity index is 0.000000220. The maximum Gasteiger partial charge on any atom is 0.130 e. The maximum absolute atomic E-state index is 12.9. The van der Waals surface area contributed by atoms with Crippen LogP contribution < -0.4 is 0 Å². The molecule has 0 aliphatic carbocycles. The van der Waals surface area contributed by atoms with E-state index in [9.17, 15) is 8.78 Å². The molecule has 6 heteroatoms. The summed E-state index contributed by atoms with van der Waals surface area (Å²) in [5.74, 6) is -0.812. The number of aliphatic hydroxyl groups excluding tert-OH is 1. The van der Waals surface area contributed by atoms with Crippen molar-refractivity contribution in [2.75, 3.05) is 0 Å². The number of aliphatic hydroxyl groups is 1. The highest BCUT2D eigenvalue weighted by atomic mass is 35.5. The normalized spacial score (nSPS) is 13.1. The van der Waals surface area contributed by atoms with Crippen molar-refractivity contribution in [2.45, 2.75) is 25.3 Å². The molecule has 0 aromatic heterocycles. The molecule has 120 valence electrons. The summed E-state index contributed by atoms with van der Waals surface area (Å²) < 4.78 is 25.8. The Morgan fingerprint density at radius 1 is 0.864 bits per heavy atom. The van der Waals surface area contributed by atoms with Gasteiger partial charge in [-0.2, -0.15) is 0 Å². The van der Waals surface area contributed by atoms with E-state index in [1.807, 2.05) is 0 Å². The number of hydrogen-bond donors (Lipinski definition) is 1. The smallest absolute Gasteiger partial charge is 0.130 e. The lowest BCUT2D eigenvalue weighted by molar-refractivity contribution is 0.194. The number of alkyl halides is 1. The molecule has 22 heavy (non-hydrogen) atoms. The first-order chi connectivity index (χ1) is 10.2. The summed E-state index contributed by atoms with van der Waals surface area (Å²) in [6, 6.07) is 8.68. The molecule has 2 atom stereocenters. The highest BCUT2D eigenvalue weighted by Gasteiger charge is 2.07. The molecular formula is C16H15Cl3F2O. The lowest BCUT2D eigenvalue weighted by atomic mass is 10.1. The van der Waals surface area contributed by atoms with Crippen LogP contribution in [0.25, 0.3) is 0 Å². The van der Waals surface area contributed by atoms with Gasteiger partial charge in [-0.1, -0.05) is 35.3 Å². The molecule has 2 aromatic rings. The van der Waals surface area contributed by atoms with Crippen LogP contribution in [0.1, 0.15) is 36.5 Å². The second kappa shape index (κ2) is 8.68. The van der Waals surface area contributed by atoms with E-state index in [-0.39, 0.29) is 16.8 Å². The highest BCUT2D eigenvalue weighted by molar-refractivity contribution is 6.30. The van der Waals surface area contributed by atoms with Crippen molar-refractivity contribution >= 4 is 34.8 Å². The Bertz CT molecular complexity index is 575. The average Bonchev–Trinajstić information content (AvgIpc) is 2.38. The summed E-state index contributed by atoms with van der Waals surface area (Å²) in [7, 11) is 0. The molecule has 1 N–H and O–H groups in total. The molecule has 0 radical (unpaired) electrons. The summed E-state index contributed by atoms with van der Waals surface area (Å²) in [5, 5.41) is 9.43. The quantitative estimate of drug-likeness (QED) is 0.616. The van der Waals surface area contributed by atoms with Gasteiger partial charge in [-0.15, -0.1) is 11.6 Å². The number of benzene rings is 2. The molecule has 0 bridgehead atoms. The van der Waals surface area contributed by atoms with Crippen LogP contribution in [-0.2, 0) is 0 Å². The van der Waals surface area contributed by atoms with E-state index in [4.69, 9.17) is 39.9 Å². The van der Waals surface area contributed by atoms with Crippen LogP contribution in [0.2, 0.25) is 10.0 Å². The van der Waals surface area contributed by atoms with Gasteiger partial charge in [0.1, 0.15) is 11.6 Å². The van der Waals surface area contributed by atoms with Crippen molar-refractivity contribution < 1.29 is 13.9 Å². The summed E-state index contributed by atoms with van der Waals surface area (Å²) in [6.45, 7) is 3.22. The molecule has 1 unspecified atom stereocenters. The van der Waals surface area contributed by atoms with Gasteiger partial charge in [-0.3, -0.25) is 0 Å². The Hall–Kier alpha value is -0.870. The average molecular weight is 368 g/mol. The minimum absolute atomic E-state index is 0.273. The zero-order chi connectivity index (χ0) is 16.9. The summed E-state index contributed by atoms with van der Waals surface area (Å²) >= 11 is 16.7. The van der Waals surface area contributed by atoms with Crippen LogP contribution in [0.15, 0.2) is 36.4 Å². The van der Waals surface area contributed by atoms with Crippen molar-refractivity contribution in [3.05, 3.63) is 69.2 Å². The lowest BCUT2D eigenvalue weighted by Crippen LogP contribution is -1.94. The van der Waals surface area contributed by atoms with Crippen LogP contribution in [0.5, 0.6) is 0 Å². The molecule has 0 aliphatic heterocycles. The standard InChI is InChI=1S/C8H7Cl2F.C8H8ClFO/c1-5(9)7-3-2-6(10)4-8(7)11;1-5(11)7-3-2-6(9)4-8(7)10/h2-5H,1H3;2-5,11H,1H3/t;5-/m.1/s1. The van der Waals surface area contributed by atoms with Crippen molar-refractivity contribution in [1.82, 2.24) is 0 Å². The van der Waals surface area contributed by atoms with Crippen LogP contribution >= 0.6 is 34.8 Å². The fraction of sp³-hybridized carbons (Fsp3) is 0.250. The van der Waals surface area contributed by atoms with Crippen molar-refractivity contribution in [3.8, 4) is 0 Å². The monoisotopic (exact) mass is 366 g/mol. The van der Waals surface area contributed by atoms with E-state index in [1.165, 1.54) is 25.1 Å². The molecule has 0 heterocycles. The van der Waals surface area contributed by atoms with Gasteiger partial charge in [0.25, 0.3) is 0 Å². The third-order valence-electron chi connectivity index (χ3n) is 2.80. The lowest BCUT2D eigenvalue weighted by Gasteiger charge is -2.05. The fourth-order valence-corrected chi connectivity index (χ4v) is 2.16. The molecule has 2 aromatic carbocycles. The van der Waals surface area contributed by atoms with Crippen LogP contribution in [-0.4, -0.2) is 5.11 Å². The minimum Gasteiger partial charge on any atom is -0.389 e. The molecule has 0 aliphatic rings. The largest absolute Gasteiger partial charge is 0.389 e. The van der Waals surface area contributed by atoms with Crippen LogP contribution in [0, 0.1) is 11.6 Å². The third kappa shape index (κ3) is 5.73. The molecule has 1 nitrogen and oxygen atoms in total. The Kier molecular flexibility index (Phi) is 7.57. The molecule has 0 amide bonds. The predicted octanol–water partition coefficient (Wildman–Crippen LogP) is 6.31. The van der Waals surface area contributed by atoms with Gasteiger partial charge in [0, 0.05) is 21.2 Å².